The zero-order valence-corrected chi connectivity index (χ0v) is 10.3. The van der Waals surface area contributed by atoms with Gasteiger partial charge in [0, 0.05) is 6.04 Å². The average Bonchev–Trinajstić information content (AvgIpc) is 2.36. The van der Waals surface area contributed by atoms with Crippen LogP contribution in [-0.4, -0.2) is 6.61 Å². The fraction of sp³-hybridized carbons (Fsp3) is 0.467. The van der Waals surface area contributed by atoms with Crippen LogP contribution < -0.4 is 10.5 Å². The van der Waals surface area contributed by atoms with E-state index in [-0.39, 0.29) is 6.04 Å². The summed E-state index contributed by atoms with van der Waals surface area (Å²) in [4.78, 5) is 0. The Morgan fingerprint density at radius 1 is 1.47 bits per heavy atom. The Balaban J connectivity index is 2.07. The van der Waals surface area contributed by atoms with Crippen molar-refractivity contribution in [2.75, 3.05) is 6.61 Å². The minimum atomic E-state index is 0.190. The van der Waals surface area contributed by atoms with E-state index in [1.54, 1.807) is 0 Å². The van der Waals surface area contributed by atoms with E-state index in [9.17, 15) is 0 Å². The number of hydrogen-bond donors (Lipinski definition) is 1. The summed E-state index contributed by atoms with van der Waals surface area (Å²) in [5.41, 5.74) is 8.72. The second-order valence-corrected chi connectivity index (χ2v) is 4.60. The molecule has 0 amide bonds. The fourth-order valence-electron chi connectivity index (χ4n) is 2.40. The van der Waals surface area contributed by atoms with Gasteiger partial charge in [0.1, 0.15) is 5.75 Å². The van der Waals surface area contributed by atoms with Gasteiger partial charge in [-0.15, -0.1) is 6.58 Å². The van der Waals surface area contributed by atoms with Crippen LogP contribution in [0.25, 0.3) is 0 Å². The topological polar surface area (TPSA) is 35.2 Å². The third kappa shape index (κ3) is 2.89. The number of unbranched alkanes of at least 4 members (excludes halogenated alkanes) is 1. The van der Waals surface area contributed by atoms with Gasteiger partial charge in [0.25, 0.3) is 0 Å². The Morgan fingerprint density at radius 2 is 2.35 bits per heavy atom. The second kappa shape index (κ2) is 5.87. The third-order valence-electron chi connectivity index (χ3n) is 3.32. The highest BCUT2D eigenvalue weighted by molar-refractivity contribution is 5.43. The number of rotatable bonds is 5. The molecule has 1 aliphatic rings. The maximum atomic E-state index is 6.12. The molecule has 2 N–H and O–H groups in total. The molecule has 0 fully saturated rings. The third-order valence-corrected chi connectivity index (χ3v) is 3.32. The van der Waals surface area contributed by atoms with Gasteiger partial charge in [0.15, 0.2) is 0 Å². The number of benzene rings is 1. The van der Waals surface area contributed by atoms with Crippen LogP contribution in [0.1, 0.15) is 42.9 Å². The van der Waals surface area contributed by atoms with Gasteiger partial charge in [-0.25, -0.2) is 0 Å². The highest BCUT2D eigenvalue weighted by Crippen LogP contribution is 2.34. The van der Waals surface area contributed by atoms with Crippen LogP contribution in [0.15, 0.2) is 30.9 Å². The van der Waals surface area contributed by atoms with E-state index in [2.05, 4.69) is 18.7 Å². The van der Waals surface area contributed by atoms with Gasteiger partial charge >= 0.3 is 0 Å². The molecule has 0 saturated heterocycles. The zero-order chi connectivity index (χ0) is 12.1. The summed E-state index contributed by atoms with van der Waals surface area (Å²) >= 11 is 0. The van der Waals surface area contributed by atoms with E-state index in [0.29, 0.717) is 0 Å². The molecule has 1 unspecified atom stereocenters. The summed E-state index contributed by atoms with van der Waals surface area (Å²) in [5.74, 6) is 1.03. The fourth-order valence-corrected chi connectivity index (χ4v) is 2.40. The van der Waals surface area contributed by atoms with Crippen molar-refractivity contribution in [3.8, 4) is 5.75 Å². The summed E-state index contributed by atoms with van der Waals surface area (Å²) in [7, 11) is 0. The van der Waals surface area contributed by atoms with Gasteiger partial charge in [-0.1, -0.05) is 18.2 Å². The normalized spacial score (nSPS) is 18.5. The van der Waals surface area contributed by atoms with Crippen molar-refractivity contribution >= 4 is 0 Å². The van der Waals surface area contributed by atoms with Crippen molar-refractivity contribution in [3.63, 3.8) is 0 Å². The lowest BCUT2D eigenvalue weighted by Crippen LogP contribution is -2.18. The van der Waals surface area contributed by atoms with Crippen LogP contribution in [0.4, 0.5) is 0 Å². The zero-order valence-electron chi connectivity index (χ0n) is 10.3. The monoisotopic (exact) mass is 231 g/mol. The Bertz CT molecular complexity index is 387. The predicted molar refractivity (Wildman–Crippen MR) is 71.2 cm³/mol. The molecule has 1 aromatic rings. The van der Waals surface area contributed by atoms with Gasteiger partial charge in [0.05, 0.1) is 6.61 Å². The first-order valence-corrected chi connectivity index (χ1v) is 6.44. The second-order valence-electron chi connectivity index (χ2n) is 4.60. The lowest BCUT2D eigenvalue weighted by atomic mass is 9.87. The summed E-state index contributed by atoms with van der Waals surface area (Å²) in [6.07, 6.45) is 7.32. The molecular weight excluding hydrogens is 210 g/mol. The van der Waals surface area contributed by atoms with Crippen molar-refractivity contribution < 1.29 is 4.74 Å². The van der Waals surface area contributed by atoms with Crippen LogP contribution in [-0.2, 0) is 6.42 Å². The Hall–Kier alpha value is -1.28. The molecule has 2 rings (SSSR count). The predicted octanol–water partition coefficient (Wildman–Crippen LogP) is 3.37. The average molecular weight is 231 g/mol. The Labute approximate surface area is 103 Å². The molecule has 2 heteroatoms. The highest BCUT2D eigenvalue weighted by Gasteiger charge is 2.19. The van der Waals surface area contributed by atoms with E-state index in [4.69, 9.17) is 10.5 Å². The van der Waals surface area contributed by atoms with Crippen molar-refractivity contribution in [3.05, 3.63) is 42.0 Å². The number of ether oxygens (including phenoxy) is 1. The molecule has 92 valence electrons. The molecule has 1 aliphatic carbocycles. The van der Waals surface area contributed by atoms with E-state index >= 15 is 0 Å². The highest BCUT2D eigenvalue weighted by atomic mass is 16.5. The van der Waals surface area contributed by atoms with Gasteiger partial charge < -0.3 is 10.5 Å². The smallest absolute Gasteiger partial charge is 0.122 e. The molecular formula is C15H21NO. The van der Waals surface area contributed by atoms with E-state index in [0.717, 1.165) is 38.0 Å². The molecule has 0 bridgehead atoms. The van der Waals surface area contributed by atoms with E-state index in [1.165, 1.54) is 17.5 Å². The maximum absolute atomic E-state index is 6.12. The summed E-state index contributed by atoms with van der Waals surface area (Å²) < 4.78 is 5.85. The number of hydrogen-bond acceptors (Lipinski definition) is 2. The van der Waals surface area contributed by atoms with Crippen LogP contribution >= 0.6 is 0 Å². The first kappa shape index (κ1) is 12.2. The van der Waals surface area contributed by atoms with Gasteiger partial charge in [-0.3, -0.25) is 0 Å². The van der Waals surface area contributed by atoms with Gasteiger partial charge in [-0.05, 0) is 49.3 Å². The van der Waals surface area contributed by atoms with E-state index < -0.39 is 0 Å². The summed E-state index contributed by atoms with van der Waals surface area (Å²) in [6.45, 7) is 4.47. The largest absolute Gasteiger partial charge is 0.493 e. The van der Waals surface area contributed by atoms with Gasteiger partial charge in [-0.2, -0.15) is 0 Å². The molecule has 1 atom stereocenters. The van der Waals surface area contributed by atoms with Crippen LogP contribution in [0.5, 0.6) is 5.75 Å². The molecule has 1 aromatic carbocycles. The van der Waals surface area contributed by atoms with Crippen molar-refractivity contribution in [2.45, 2.75) is 38.1 Å². The lowest BCUT2D eigenvalue weighted by Gasteiger charge is -2.24. The van der Waals surface area contributed by atoms with Crippen molar-refractivity contribution in [1.29, 1.82) is 0 Å². The van der Waals surface area contributed by atoms with Crippen LogP contribution in [0.3, 0.4) is 0 Å². The molecule has 2 nitrogen and oxygen atoms in total. The van der Waals surface area contributed by atoms with Gasteiger partial charge in [0.2, 0.25) is 0 Å². The first-order chi connectivity index (χ1) is 8.33. The molecule has 0 heterocycles. The van der Waals surface area contributed by atoms with Crippen LogP contribution in [0, 0.1) is 0 Å². The van der Waals surface area contributed by atoms with Crippen molar-refractivity contribution in [2.24, 2.45) is 5.73 Å². The minimum absolute atomic E-state index is 0.190. The van der Waals surface area contributed by atoms with Crippen LogP contribution in [0.2, 0.25) is 0 Å². The maximum Gasteiger partial charge on any atom is 0.122 e. The molecule has 0 spiro atoms. The minimum Gasteiger partial charge on any atom is -0.493 e. The molecule has 0 aromatic heterocycles. The van der Waals surface area contributed by atoms with Crippen molar-refractivity contribution in [1.82, 2.24) is 0 Å². The number of fused-ring (bicyclic) bond motifs is 1. The summed E-state index contributed by atoms with van der Waals surface area (Å²) in [6, 6.07) is 6.43. The quantitative estimate of drug-likeness (QED) is 0.623. The summed E-state index contributed by atoms with van der Waals surface area (Å²) in [5, 5.41) is 0. The molecule has 0 aliphatic heterocycles. The lowest BCUT2D eigenvalue weighted by molar-refractivity contribution is 0.306. The number of allylic oxidation sites excluding steroid dienone is 1. The molecule has 0 radical (unpaired) electrons. The molecule has 0 saturated carbocycles. The first-order valence-electron chi connectivity index (χ1n) is 6.44. The SMILES string of the molecule is C=CCCCOc1cccc2c1CCCC2N. The van der Waals surface area contributed by atoms with E-state index in [1.807, 2.05) is 12.1 Å². The Morgan fingerprint density at radius 3 is 3.18 bits per heavy atom. The Kier molecular flexibility index (Phi) is 4.21. The molecule has 17 heavy (non-hydrogen) atoms. The standard InChI is InChI=1S/C15H21NO/c1-2-3-4-11-17-15-10-6-7-12-13(15)8-5-9-14(12)16/h2,6-7,10,14H,1,3-5,8-9,11,16H2. The number of nitrogens with two attached hydrogens (primary N) is 1.